The maximum absolute atomic E-state index is 3.64. The Balaban J connectivity index is 3.08. The van der Waals surface area contributed by atoms with E-state index in [0.29, 0.717) is 4.95 Å². The van der Waals surface area contributed by atoms with Crippen LogP contribution in [0, 0.1) is 0 Å². The molecule has 0 saturated heterocycles. The Morgan fingerprint density at radius 1 is 1.08 bits per heavy atom. The van der Waals surface area contributed by atoms with Crippen molar-refractivity contribution in [3.05, 3.63) is 0 Å². The van der Waals surface area contributed by atoms with Gasteiger partial charge >= 0.3 is 0 Å². The number of hydrogen-bond acceptors (Lipinski definition) is 1. The van der Waals surface area contributed by atoms with Crippen LogP contribution in [0.1, 0.15) is 45.4 Å². The van der Waals surface area contributed by atoms with Gasteiger partial charge < -0.3 is 0 Å². The van der Waals surface area contributed by atoms with E-state index in [0.717, 1.165) is 0 Å². The zero-order chi connectivity index (χ0) is 9.40. The maximum Gasteiger partial charge on any atom is 0.0650 e. The minimum absolute atomic E-state index is 0.569. The van der Waals surface area contributed by atoms with E-state index in [9.17, 15) is 0 Å². The molecule has 12 heavy (non-hydrogen) atoms. The van der Waals surface area contributed by atoms with Crippen LogP contribution in [0.15, 0.2) is 0 Å². The standard InChI is InChI=1S/C10H22BrN/c1-4-5-6-7-8-9-10(11)12(2)3/h10H,4-9H2,1-3H3. The van der Waals surface area contributed by atoms with Gasteiger partial charge in [-0.05, 0) is 20.5 Å². The topological polar surface area (TPSA) is 3.24 Å². The fourth-order valence-corrected chi connectivity index (χ4v) is 1.50. The van der Waals surface area contributed by atoms with Crippen molar-refractivity contribution in [2.75, 3.05) is 14.1 Å². The highest BCUT2D eigenvalue weighted by Gasteiger charge is 2.04. The van der Waals surface area contributed by atoms with E-state index in [1.165, 1.54) is 38.5 Å². The molecule has 1 atom stereocenters. The van der Waals surface area contributed by atoms with Crippen molar-refractivity contribution in [2.45, 2.75) is 50.4 Å². The molecule has 0 spiro atoms. The lowest BCUT2D eigenvalue weighted by molar-refractivity contribution is 0.364. The Morgan fingerprint density at radius 2 is 1.67 bits per heavy atom. The highest BCUT2D eigenvalue weighted by atomic mass is 79.9. The number of hydrogen-bond donors (Lipinski definition) is 0. The van der Waals surface area contributed by atoms with E-state index in [1.807, 2.05) is 0 Å². The van der Waals surface area contributed by atoms with E-state index in [1.54, 1.807) is 0 Å². The average Bonchev–Trinajstić information content (AvgIpc) is 2.03. The van der Waals surface area contributed by atoms with E-state index in [4.69, 9.17) is 0 Å². The molecule has 0 aliphatic heterocycles. The second-order valence-electron chi connectivity index (χ2n) is 3.60. The molecule has 0 rings (SSSR count). The summed E-state index contributed by atoms with van der Waals surface area (Å²) in [6, 6.07) is 0. The molecule has 0 bridgehead atoms. The summed E-state index contributed by atoms with van der Waals surface area (Å²) in [5.74, 6) is 0. The molecule has 2 heteroatoms. The highest BCUT2D eigenvalue weighted by molar-refractivity contribution is 9.09. The van der Waals surface area contributed by atoms with E-state index < -0.39 is 0 Å². The Kier molecular flexibility index (Phi) is 8.35. The Hall–Kier alpha value is 0.440. The van der Waals surface area contributed by atoms with Crippen molar-refractivity contribution in [3.8, 4) is 0 Å². The summed E-state index contributed by atoms with van der Waals surface area (Å²) in [4.78, 5) is 2.79. The molecule has 0 aromatic carbocycles. The van der Waals surface area contributed by atoms with Gasteiger partial charge in [-0.3, -0.25) is 4.90 Å². The fourth-order valence-electron chi connectivity index (χ4n) is 1.17. The predicted octanol–water partition coefficient (Wildman–Crippen LogP) is 3.63. The summed E-state index contributed by atoms with van der Waals surface area (Å²) in [5, 5.41) is 0. The molecule has 0 radical (unpaired) electrons. The third-order valence-electron chi connectivity index (χ3n) is 2.11. The second-order valence-corrected chi connectivity index (χ2v) is 4.66. The first kappa shape index (κ1) is 12.4. The summed E-state index contributed by atoms with van der Waals surface area (Å²) in [5.41, 5.74) is 0. The number of unbranched alkanes of at least 4 members (excludes halogenated alkanes) is 4. The summed E-state index contributed by atoms with van der Waals surface area (Å²) >= 11 is 3.64. The first-order valence-electron chi connectivity index (χ1n) is 4.99. The van der Waals surface area contributed by atoms with E-state index >= 15 is 0 Å². The van der Waals surface area contributed by atoms with Crippen molar-refractivity contribution < 1.29 is 0 Å². The molecule has 0 fully saturated rings. The van der Waals surface area contributed by atoms with Gasteiger partial charge in [-0.25, -0.2) is 0 Å². The van der Waals surface area contributed by atoms with Crippen LogP contribution in [0.3, 0.4) is 0 Å². The minimum Gasteiger partial charge on any atom is -0.297 e. The van der Waals surface area contributed by atoms with E-state index in [-0.39, 0.29) is 0 Å². The Morgan fingerprint density at radius 3 is 2.17 bits per heavy atom. The molecule has 1 nitrogen and oxygen atoms in total. The van der Waals surface area contributed by atoms with Crippen molar-refractivity contribution in [3.63, 3.8) is 0 Å². The normalized spacial score (nSPS) is 13.8. The molecule has 0 aliphatic rings. The van der Waals surface area contributed by atoms with Crippen LogP contribution in [0.2, 0.25) is 0 Å². The van der Waals surface area contributed by atoms with Crippen molar-refractivity contribution in [1.82, 2.24) is 4.90 Å². The van der Waals surface area contributed by atoms with Crippen LogP contribution in [0.4, 0.5) is 0 Å². The van der Waals surface area contributed by atoms with Crippen molar-refractivity contribution in [2.24, 2.45) is 0 Å². The zero-order valence-electron chi connectivity index (χ0n) is 8.65. The van der Waals surface area contributed by atoms with Gasteiger partial charge in [0, 0.05) is 0 Å². The first-order valence-corrected chi connectivity index (χ1v) is 5.90. The monoisotopic (exact) mass is 235 g/mol. The zero-order valence-corrected chi connectivity index (χ0v) is 10.2. The van der Waals surface area contributed by atoms with Crippen LogP contribution < -0.4 is 0 Å². The SMILES string of the molecule is CCCCCCCC(Br)N(C)C. The Labute approximate surface area is 85.7 Å². The van der Waals surface area contributed by atoms with Gasteiger partial charge in [-0.15, -0.1) is 0 Å². The van der Waals surface area contributed by atoms with Crippen LogP contribution >= 0.6 is 15.9 Å². The molecule has 1 unspecified atom stereocenters. The molecule has 0 aromatic heterocycles. The third kappa shape index (κ3) is 7.11. The average molecular weight is 236 g/mol. The molecule has 74 valence electrons. The van der Waals surface area contributed by atoms with Gasteiger partial charge in [-0.1, -0.05) is 55.0 Å². The first-order chi connectivity index (χ1) is 5.68. The van der Waals surface area contributed by atoms with Crippen LogP contribution in [0.25, 0.3) is 0 Å². The molecule has 0 aromatic rings. The fraction of sp³-hybridized carbons (Fsp3) is 1.00. The van der Waals surface area contributed by atoms with Crippen LogP contribution in [0.5, 0.6) is 0 Å². The molecule has 0 amide bonds. The molecule has 0 saturated carbocycles. The number of rotatable bonds is 7. The van der Waals surface area contributed by atoms with Crippen molar-refractivity contribution >= 4 is 15.9 Å². The molecule has 0 heterocycles. The lowest BCUT2D eigenvalue weighted by Crippen LogP contribution is -2.21. The quantitative estimate of drug-likeness (QED) is 0.370. The number of nitrogens with zero attached hydrogens (tertiary/aromatic N) is 1. The number of halogens is 1. The maximum atomic E-state index is 3.64. The molecule has 0 N–H and O–H groups in total. The van der Waals surface area contributed by atoms with Gasteiger partial charge in [0.15, 0.2) is 0 Å². The predicted molar refractivity (Wildman–Crippen MR) is 59.8 cm³/mol. The highest BCUT2D eigenvalue weighted by Crippen LogP contribution is 2.13. The summed E-state index contributed by atoms with van der Waals surface area (Å²) < 4.78 is 0. The third-order valence-corrected chi connectivity index (χ3v) is 3.38. The smallest absolute Gasteiger partial charge is 0.0650 e. The lowest BCUT2D eigenvalue weighted by atomic mass is 10.1. The second kappa shape index (κ2) is 8.06. The lowest BCUT2D eigenvalue weighted by Gasteiger charge is -2.17. The molecular weight excluding hydrogens is 214 g/mol. The van der Waals surface area contributed by atoms with Gasteiger partial charge in [0.1, 0.15) is 0 Å². The summed E-state index contributed by atoms with van der Waals surface area (Å²) in [7, 11) is 4.23. The van der Waals surface area contributed by atoms with Crippen LogP contribution in [-0.4, -0.2) is 23.9 Å². The van der Waals surface area contributed by atoms with E-state index in [2.05, 4.69) is 41.8 Å². The van der Waals surface area contributed by atoms with Gasteiger partial charge in [0.05, 0.1) is 4.95 Å². The Bertz CT molecular complexity index is 93.8. The van der Waals surface area contributed by atoms with Crippen molar-refractivity contribution in [1.29, 1.82) is 0 Å². The van der Waals surface area contributed by atoms with Crippen LogP contribution in [-0.2, 0) is 0 Å². The molecule has 0 aliphatic carbocycles. The minimum atomic E-state index is 0.569. The van der Waals surface area contributed by atoms with Gasteiger partial charge in [0.2, 0.25) is 0 Å². The summed E-state index contributed by atoms with van der Waals surface area (Å²) in [6.45, 7) is 2.26. The number of alkyl halides is 1. The summed E-state index contributed by atoms with van der Waals surface area (Å²) in [6.07, 6.45) is 8.17. The molecular formula is C10H22BrN. The largest absolute Gasteiger partial charge is 0.297 e. The van der Waals surface area contributed by atoms with Gasteiger partial charge in [-0.2, -0.15) is 0 Å². The van der Waals surface area contributed by atoms with Gasteiger partial charge in [0.25, 0.3) is 0 Å².